The second-order valence-electron chi connectivity index (χ2n) is 4.21. The maximum Gasteiger partial charge on any atom is 0.314 e. The third-order valence-corrected chi connectivity index (χ3v) is 2.84. The van der Waals surface area contributed by atoms with Gasteiger partial charge in [0.15, 0.2) is 0 Å². The van der Waals surface area contributed by atoms with Crippen molar-refractivity contribution in [3.63, 3.8) is 0 Å². The lowest BCUT2D eigenvalue weighted by molar-refractivity contribution is -0.163. The Labute approximate surface area is 101 Å². The second kappa shape index (κ2) is 5.66. The highest BCUT2D eigenvalue weighted by Crippen LogP contribution is 2.34. The predicted molar refractivity (Wildman–Crippen MR) is 63.4 cm³/mol. The van der Waals surface area contributed by atoms with Crippen LogP contribution >= 0.6 is 0 Å². The summed E-state index contributed by atoms with van der Waals surface area (Å²) < 4.78 is 5.30. The Morgan fingerprint density at radius 1 is 1.41 bits per heavy atom. The van der Waals surface area contributed by atoms with Crippen LogP contribution in [-0.4, -0.2) is 22.6 Å². The van der Waals surface area contributed by atoms with Gasteiger partial charge in [-0.25, -0.2) is 0 Å². The minimum absolute atomic E-state index is 0.452. The van der Waals surface area contributed by atoms with E-state index in [1.165, 1.54) is 6.92 Å². The van der Waals surface area contributed by atoms with Crippen molar-refractivity contribution in [3.8, 4) is 0 Å². The monoisotopic (exact) mass is 238 g/mol. The molecule has 0 fully saturated rings. The van der Waals surface area contributed by atoms with E-state index >= 15 is 0 Å². The number of unbranched alkanes of at least 4 members (excludes halogenated alkanes) is 1. The maximum atomic E-state index is 11.2. The number of rotatable bonds is 5. The van der Waals surface area contributed by atoms with Gasteiger partial charge in [-0.1, -0.05) is 31.6 Å². The van der Waals surface area contributed by atoms with Gasteiger partial charge in [-0.05, 0) is 18.9 Å². The molecule has 4 nitrogen and oxygen atoms in total. The summed E-state index contributed by atoms with van der Waals surface area (Å²) in [5.41, 5.74) is -1.03. The Morgan fingerprint density at radius 3 is 2.65 bits per heavy atom. The van der Waals surface area contributed by atoms with Gasteiger partial charge in [0, 0.05) is 6.92 Å². The van der Waals surface area contributed by atoms with Crippen LogP contribution in [0.25, 0.3) is 0 Å². The summed E-state index contributed by atoms with van der Waals surface area (Å²) in [6, 6.07) is 0. The molecule has 17 heavy (non-hydrogen) atoms. The van der Waals surface area contributed by atoms with Gasteiger partial charge in [0.1, 0.15) is 11.5 Å². The molecule has 0 aliphatic heterocycles. The van der Waals surface area contributed by atoms with Crippen LogP contribution in [0.5, 0.6) is 0 Å². The summed E-state index contributed by atoms with van der Waals surface area (Å²) in [7, 11) is 0. The Hall–Kier alpha value is -1.58. The van der Waals surface area contributed by atoms with Crippen molar-refractivity contribution < 1.29 is 19.4 Å². The third kappa shape index (κ3) is 3.19. The fraction of sp³-hybridized carbons (Fsp3) is 0.538. The van der Waals surface area contributed by atoms with Crippen LogP contribution in [-0.2, 0) is 14.3 Å². The standard InChI is InChI=1S/C13H18O4/c1-3-4-8-13(17-10(2)14)9-6-5-7-11(13)12(15)16/h5-7,9,11H,3-4,8H2,1-2H3,(H,15,16). The number of carbonyl (C=O) groups excluding carboxylic acids is 1. The largest absolute Gasteiger partial charge is 0.481 e. The Balaban J connectivity index is 3.00. The minimum Gasteiger partial charge on any atom is -0.481 e. The number of allylic oxidation sites excluding steroid dienone is 2. The van der Waals surface area contributed by atoms with Crippen molar-refractivity contribution in [2.24, 2.45) is 5.92 Å². The number of esters is 1. The number of ether oxygens (including phenoxy) is 1. The molecule has 1 N–H and O–H groups in total. The summed E-state index contributed by atoms with van der Waals surface area (Å²) >= 11 is 0. The lowest BCUT2D eigenvalue weighted by atomic mass is 9.80. The van der Waals surface area contributed by atoms with E-state index in [0.29, 0.717) is 6.42 Å². The van der Waals surface area contributed by atoms with Gasteiger partial charge >= 0.3 is 11.9 Å². The minimum atomic E-state index is -1.03. The summed E-state index contributed by atoms with van der Waals surface area (Å²) in [4.78, 5) is 22.4. The zero-order valence-electron chi connectivity index (χ0n) is 10.2. The van der Waals surface area contributed by atoms with Crippen molar-refractivity contribution in [1.29, 1.82) is 0 Å². The predicted octanol–water partition coefficient (Wildman–Crippen LogP) is 2.31. The van der Waals surface area contributed by atoms with Crippen molar-refractivity contribution in [2.45, 2.75) is 38.7 Å². The molecule has 94 valence electrons. The third-order valence-electron chi connectivity index (χ3n) is 2.84. The van der Waals surface area contributed by atoms with Crippen molar-refractivity contribution in [2.75, 3.05) is 0 Å². The fourth-order valence-electron chi connectivity index (χ4n) is 2.06. The van der Waals surface area contributed by atoms with E-state index < -0.39 is 23.5 Å². The van der Waals surface area contributed by atoms with Gasteiger partial charge in [0.2, 0.25) is 0 Å². The van der Waals surface area contributed by atoms with E-state index in [9.17, 15) is 14.7 Å². The van der Waals surface area contributed by atoms with Gasteiger partial charge in [0.05, 0.1) is 0 Å². The quantitative estimate of drug-likeness (QED) is 0.746. The molecule has 4 heteroatoms. The SMILES string of the molecule is CCCCC1(OC(C)=O)C=CC=CC1C(=O)O. The van der Waals surface area contributed by atoms with Crippen LogP contribution in [0, 0.1) is 5.92 Å². The zero-order chi connectivity index (χ0) is 12.9. The van der Waals surface area contributed by atoms with Crippen molar-refractivity contribution in [3.05, 3.63) is 24.3 Å². The first-order valence-electron chi connectivity index (χ1n) is 5.80. The molecule has 1 aliphatic carbocycles. The molecule has 0 spiro atoms. The maximum absolute atomic E-state index is 11.2. The first kappa shape index (κ1) is 13.5. The van der Waals surface area contributed by atoms with E-state index in [1.807, 2.05) is 6.92 Å². The van der Waals surface area contributed by atoms with Crippen molar-refractivity contribution >= 4 is 11.9 Å². The molecule has 0 heterocycles. The molecule has 0 aromatic rings. The van der Waals surface area contributed by atoms with E-state index in [2.05, 4.69) is 0 Å². The smallest absolute Gasteiger partial charge is 0.314 e. The number of carboxylic acid groups (broad SMARTS) is 1. The molecule has 0 radical (unpaired) electrons. The Morgan fingerprint density at radius 2 is 2.12 bits per heavy atom. The highest BCUT2D eigenvalue weighted by Gasteiger charge is 2.43. The number of carbonyl (C=O) groups is 2. The molecule has 0 amide bonds. The first-order chi connectivity index (χ1) is 8.02. The van der Waals surface area contributed by atoms with Crippen LogP contribution < -0.4 is 0 Å². The number of carboxylic acids is 1. The van der Waals surface area contributed by atoms with Crippen LogP contribution in [0.2, 0.25) is 0 Å². The molecular formula is C13H18O4. The average molecular weight is 238 g/mol. The van der Waals surface area contributed by atoms with Crippen LogP contribution in [0.4, 0.5) is 0 Å². The fourth-order valence-corrected chi connectivity index (χ4v) is 2.06. The van der Waals surface area contributed by atoms with Crippen LogP contribution in [0.3, 0.4) is 0 Å². The lowest BCUT2D eigenvalue weighted by Crippen LogP contribution is -2.44. The summed E-state index contributed by atoms with van der Waals surface area (Å²) in [5.74, 6) is -2.22. The first-order valence-corrected chi connectivity index (χ1v) is 5.80. The highest BCUT2D eigenvalue weighted by molar-refractivity contribution is 5.76. The van der Waals surface area contributed by atoms with Gasteiger partial charge in [-0.15, -0.1) is 0 Å². The summed E-state index contributed by atoms with van der Waals surface area (Å²) in [6.07, 6.45) is 8.93. The topological polar surface area (TPSA) is 63.6 Å². The number of hydrogen-bond donors (Lipinski definition) is 1. The molecule has 0 aromatic heterocycles. The summed E-state index contributed by atoms with van der Waals surface area (Å²) in [6.45, 7) is 3.32. The molecule has 2 unspecified atom stereocenters. The highest BCUT2D eigenvalue weighted by atomic mass is 16.6. The zero-order valence-corrected chi connectivity index (χ0v) is 10.2. The van der Waals surface area contributed by atoms with Gasteiger partial charge in [0.25, 0.3) is 0 Å². The van der Waals surface area contributed by atoms with Gasteiger partial charge in [-0.2, -0.15) is 0 Å². The molecule has 0 bridgehead atoms. The molecule has 0 saturated carbocycles. The molecule has 1 rings (SSSR count). The molecule has 0 saturated heterocycles. The molecule has 2 atom stereocenters. The van der Waals surface area contributed by atoms with E-state index in [0.717, 1.165) is 12.8 Å². The number of aliphatic carboxylic acids is 1. The van der Waals surface area contributed by atoms with E-state index in [1.54, 1.807) is 24.3 Å². The normalized spacial score (nSPS) is 26.8. The van der Waals surface area contributed by atoms with Gasteiger partial charge < -0.3 is 9.84 Å². The van der Waals surface area contributed by atoms with Crippen LogP contribution in [0.15, 0.2) is 24.3 Å². The average Bonchev–Trinajstić information content (AvgIpc) is 2.26. The van der Waals surface area contributed by atoms with Crippen LogP contribution in [0.1, 0.15) is 33.1 Å². The molecular weight excluding hydrogens is 220 g/mol. The second-order valence-corrected chi connectivity index (χ2v) is 4.21. The van der Waals surface area contributed by atoms with Crippen molar-refractivity contribution in [1.82, 2.24) is 0 Å². The number of hydrogen-bond acceptors (Lipinski definition) is 3. The lowest BCUT2D eigenvalue weighted by Gasteiger charge is -2.35. The Kier molecular flexibility index (Phi) is 4.49. The Bertz CT molecular complexity index is 356. The van der Waals surface area contributed by atoms with E-state index in [-0.39, 0.29) is 0 Å². The molecule has 1 aliphatic rings. The molecule has 0 aromatic carbocycles. The van der Waals surface area contributed by atoms with E-state index in [4.69, 9.17) is 4.74 Å². The summed E-state index contributed by atoms with van der Waals surface area (Å²) in [5, 5.41) is 9.21. The van der Waals surface area contributed by atoms with Gasteiger partial charge in [-0.3, -0.25) is 9.59 Å².